The van der Waals surface area contributed by atoms with E-state index in [2.05, 4.69) is 10.0 Å². The number of hydrogen-bond donors (Lipinski definition) is 0. The zero-order valence-electron chi connectivity index (χ0n) is 5.58. The Morgan fingerprint density at radius 2 is 2.50 bits per heavy atom. The number of fused-ring (bicyclic) bond motifs is 1. The summed E-state index contributed by atoms with van der Waals surface area (Å²) < 4.78 is 0. The van der Waals surface area contributed by atoms with Gasteiger partial charge in [0.15, 0.2) is 6.10 Å². The van der Waals surface area contributed by atoms with Crippen molar-refractivity contribution < 1.29 is 4.84 Å². The molecule has 2 atom stereocenters. The summed E-state index contributed by atoms with van der Waals surface area (Å²) in [5.74, 6) is 0.917. The van der Waals surface area contributed by atoms with E-state index < -0.39 is 0 Å². The number of nitrogens with zero attached hydrogens (tertiary/aromatic N) is 2. The van der Waals surface area contributed by atoms with Gasteiger partial charge in [0.2, 0.25) is 0 Å². The highest BCUT2D eigenvalue weighted by atomic mass is 16.6. The summed E-state index contributed by atoms with van der Waals surface area (Å²) in [4.78, 5) is 8.36. The molecule has 2 rings (SSSR count). The number of rotatable bonds is 0. The maximum atomic E-state index is 6.77. The van der Waals surface area contributed by atoms with Crippen molar-refractivity contribution in [3.63, 3.8) is 0 Å². The number of hydrogen-bond acceptors (Lipinski definition) is 2. The van der Waals surface area contributed by atoms with E-state index in [1.54, 1.807) is 0 Å². The second-order valence-electron chi connectivity index (χ2n) is 2.74. The van der Waals surface area contributed by atoms with Crippen LogP contribution in [-0.2, 0) is 4.84 Å². The van der Waals surface area contributed by atoms with Crippen molar-refractivity contribution in [3.8, 4) is 0 Å². The first kappa shape index (κ1) is 5.72. The molecule has 2 unspecified atom stereocenters. The van der Waals surface area contributed by atoms with Gasteiger partial charge >= 0.3 is 0 Å². The van der Waals surface area contributed by atoms with E-state index in [0.29, 0.717) is 11.8 Å². The third kappa shape index (κ3) is 0.621. The molecule has 0 bridgehead atoms. The fourth-order valence-corrected chi connectivity index (χ4v) is 1.64. The van der Waals surface area contributed by atoms with E-state index in [1.807, 2.05) is 0 Å². The summed E-state index contributed by atoms with van der Waals surface area (Å²) in [5, 5.41) is 3.70. The molecule has 1 heterocycles. The second-order valence-corrected chi connectivity index (χ2v) is 2.74. The summed E-state index contributed by atoms with van der Waals surface area (Å²) in [7, 11) is 0. The fraction of sp³-hybridized carbons (Fsp3) is 0.714. The molecule has 0 spiro atoms. The zero-order valence-corrected chi connectivity index (χ0v) is 5.58. The Bertz CT molecular complexity index is 216. The maximum Gasteiger partial charge on any atom is 0.298 e. The van der Waals surface area contributed by atoms with Crippen LogP contribution in [-0.4, -0.2) is 11.9 Å². The standard InChI is InChI=1S/C7H8N2O/c1-8-7-5-3-2-4-6(5)10-9-7/h5-6H,2-4H2. The molecule has 10 heavy (non-hydrogen) atoms. The minimum atomic E-state index is 0.240. The lowest BCUT2D eigenvalue weighted by atomic mass is 10.1. The molecule has 3 nitrogen and oxygen atoms in total. The van der Waals surface area contributed by atoms with E-state index in [9.17, 15) is 0 Å². The average Bonchev–Trinajstić information content (AvgIpc) is 2.44. The van der Waals surface area contributed by atoms with Crippen LogP contribution >= 0.6 is 0 Å². The van der Waals surface area contributed by atoms with Crippen LogP contribution in [0.1, 0.15) is 19.3 Å². The summed E-state index contributed by atoms with van der Waals surface area (Å²) in [5.41, 5.74) is 0. The maximum absolute atomic E-state index is 6.77. The molecule has 1 aliphatic heterocycles. The van der Waals surface area contributed by atoms with Crippen LogP contribution in [0.2, 0.25) is 0 Å². The van der Waals surface area contributed by atoms with E-state index in [1.165, 1.54) is 6.42 Å². The second kappa shape index (κ2) is 1.98. The molecule has 0 aromatic carbocycles. The lowest BCUT2D eigenvalue weighted by molar-refractivity contribution is 0.0746. The van der Waals surface area contributed by atoms with Crippen LogP contribution in [0, 0.1) is 12.5 Å². The van der Waals surface area contributed by atoms with Gasteiger partial charge in [0.05, 0.1) is 11.1 Å². The fourth-order valence-electron chi connectivity index (χ4n) is 1.64. The van der Waals surface area contributed by atoms with E-state index in [4.69, 9.17) is 11.4 Å². The minimum absolute atomic E-state index is 0.240. The quantitative estimate of drug-likeness (QED) is 0.462. The molecule has 0 aromatic heterocycles. The third-order valence-corrected chi connectivity index (χ3v) is 2.18. The predicted octanol–water partition coefficient (Wildman–Crippen LogP) is 1.42. The molecule has 1 aliphatic carbocycles. The Morgan fingerprint density at radius 3 is 3.30 bits per heavy atom. The smallest absolute Gasteiger partial charge is 0.298 e. The van der Waals surface area contributed by atoms with Crippen molar-refractivity contribution >= 4 is 5.84 Å². The van der Waals surface area contributed by atoms with Crippen molar-refractivity contribution in [3.05, 3.63) is 11.4 Å². The van der Waals surface area contributed by atoms with Gasteiger partial charge in [0.25, 0.3) is 5.84 Å². The molecular weight excluding hydrogens is 128 g/mol. The van der Waals surface area contributed by atoms with Gasteiger partial charge in [0.1, 0.15) is 0 Å². The molecule has 1 fully saturated rings. The van der Waals surface area contributed by atoms with Crippen molar-refractivity contribution in [2.75, 3.05) is 0 Å². The largest absolute Gasteiger partial charge is 0.361 e. The van der Waals surface area contributed by atoms with Crippen LogP contribution in [0.4, 0.5) is 0 Å². The van der Waals surface area contributed by atoms with Gasteiger partial charge < -0.3 is 9.68 Å². The lowest BCUT2D eigenvalue weighted by Gasteiger charge is -2.01. The average molecular weight is 136 g/mol. The summed E-state index contributed by atoms with van der Waals surface area (Å²) in [6.45, 7) is 6.77. The predicted molar refractivity (Wildman–Crippen MR) is 36.3 cm³/mol. The van der Waals surface area contributed by atoms with E-state index in [-0.39, 0.29) is 6.10 Å². The molecule has 0 N–H and O–H groups in total. The van der Waals surface area contributed by atoms with Crippen molar-refractivity contribution in [2.45, 2.75) is 25.4 Å². The van der Waals surface area contributed by atoms with Crippen LogP contribution in [0.3, 0.4) is 0 Å². The monoisotopic (exact) mass is 136 g/mol. The number of oxime groups is 1. The lowest BCUT2D eigenvalue weighted by Crippen LogP contribution is -2.13. The van der Waals surface area contributed by atoms with Gasteiger partial charge in [-0.05, 0) is 12.8 Å². The first-order valence-electron chi connectivity index (χ1n) is 3.53. The van der Waals surface area contributed by atoms with Gasteiger partial charge in [-0.1, -0.05) is 13.0 Å². The highest BCUT2D eigenvalue weighted by Crippen LogP contribution is 2.34. The summed E-state index contributed by atoms with van der Waals surface area (Å²) in [6, 6.07) is 0. The van der Waals surface area contributed by atoms with Crippen LogP contribution in [0.5, 0.6) is 0 Å². The van der Waals surface area contributed by atoms with Gasteiger partial charge in [0, 0.05) is 0 Å². The van der Waals surface area contributed by atoms with Crippen LogP contribution < -0.4 is 0 Å². The highest BCUT2D eigenvalue weighted by Gasteiger charge is 2.40. The molecule has 2 aliphatic rings. The molecule has 0 saturated heterocycles. The molecule has 52 valence electrons. The minimum Gasteiger partial charge on any atom is -0.361 e. The van der Waals surface area contributed by atoms with E-state index >= 15 is 0 Å². The van der Waals surface area contributed by atoms with Gasteiger partial charge in [-0.2, -0.15) is 0 Å². The van der Waals surface area contributed by atoms with Gasteiger partial charge in [-0.3, -0.25) is 0 Å². The van der Waals surface area contributed by atoms with E-state index in [0.717, 1.165) is 12.8 Å². The Labute approximate surface area is 59.5 Å². The molecule has 1 saturated carbocycles. The first-order valence-corrected chi connectivity index (χ1v) is 3.53. The molecule has 0 radical (unpaired) electrons. The van der Waals surface area contributed by atoms with Gasteiger partial charge in [-0.15, -0.1) is 0 Å². The molecule has 0 aromatic rings. The number of amidine groups is 1. The highest BCUT2D eigenvalue weighted by molar-refractivity contribution is 5.94. The Balaban J connectivity index is 2.20. The van der Waals surface area contributed by atoms with Gasteiger partial charge in [-0.25, -0.2) is 0 Å². The molecule has 3 heteroatoms. The van der Waals surface area contributed by atoms with Crippen LogP contribution in [0.25, 0.3) is 4.85 Å². The third-order valence-electron chi connectivity index (χ3n) is 2.18. The molecule has 0 amide bonds. The molecular formula is C7H8N2O. The summed E-state index contributed by atoms with van der Waals surface area (Å²) >= 11 is 0. The first-order chi connectivity index (χ1) is 4.92. The SMILES string of the molecule is [C-]#[N+]C1=NOC2CCCC12. The van der Waals surface area contributed by atoms with Crippen LogP contribution in [0.15, 0.2) is 5.16 Å². The normalized spacial score (nSPS) is 36.1. The Morgan fingerprint density at radius 1 is 1.60 bits per heavy atom. The zero-order chi connectivity index (χ0) is 6.97. The Hall–Kier alpha value is -1.04. The van der Waals surface area contributed by atoms with Crippen molar-refractivity contribution in [1.29, 1.82) is 0 Å². The Kier molecular flexibility index (Phi) is 1.13. The summed E-state index contributed by atoms with van der Waals surface area (Å²) in [6.07, 6.45) is 3.59. The van der Waals surface area contributed by atoms with Crippen molar-refractivity contribution in [2.24, 2.45) is 11.1 Å². The topological polar surface area (TPSA) is 25.9 Å². The van der Waals surface area contributed by atoms with Crippen molar-refractivity contribution in [1.82, 2.24) is 0 Å².